The average Bonchev–Trinajstić information content (AvgIpc) is 3.26. The first-order valence-electron chi connectivity index (χ1n) is 8.67. The van der Waals surface area contributed by atoms with Gasteiger partial charge in [-0.05, 0) is 56.3 Å². The summed E-state index contributed by atoms with van der Waals surface area (Å²) in [6.45, 7) is 1.41. The highest BCUT2D eigenvalue weighted by molar-refractivity contribution is 7.90. The maximum atomic E-state index is 12.7. The first-order chi connectivity index (χ1) is 11.8. The summed E-state index contributed by atoms with van der Waals surface area (Å²) < 4.78 is 54.8. The van der Waals surface area contributed by atoms with Crippen molar-refractivity contribution in [2.45, 2.75) is 47.9 Å². The molecule has 0 radical (unpaired) electrons. The van der Waals surface area contributed by atoms with E-state index in [0.717, 1.165) is 32.1 Å². The van der Waals surface area contributed by atoms with Gasteiger partial charge in [-0.1, -0.05) is 12.5 Å². The number of rotatable bonds is 6. The molecule has 1 heterocycles. The lowest BCUT2D eigenvalue weighted by molar-refractivity contribution is 0.453. The topological polar surface area (TPSA) is 110 Å². The lowest BCUT2D eigenvalue weighted by Crippen LogP contribution is -2.39. The molecular weight excluding hydrogens is 398 g/mol. The zero-order valence-electron chi connectivity index (χ0n) is 14.5. The van der Waals surface area contributed by atoms with Crippen LogP contribution in [0.25, 0.3) is 0 Å². The Morgan fingerprint density at radius 3 is 2.35 bits per heavy atom. The van der Waals surface area contributed by atoms with Crippen LogP contribution in [0.2, 0.25) is 0 Å². The van der Waals surface area contributed by atoms with Crippen LogP contribution in [0.3, 0.4) is 0 Å². The van der Waals surface area contributed by atoms with Crippen LogP contribution in [0.1, 0.15) is 32.1 Å². The SMILES string of the molecule is Cl.NCC1CCCC1NS(=O)(=O)c1cccc(S(=O)(=O)N2CCCC2)c1. The minimum atomic E-state index is -3.78. The third-order valence-corrected chi connectivity index (χ3v) is 8.47. The number of sulfonamides is 2. The third kappa shape index (κ3) is 4.40. The molecule has 1 aromatic carbocycles. The maximum Gasteiger partial charge on any atom is 0.243 e. The summed E-state index contributed by atoms with van der Waals surface area (Å²) in [5.74, 6) is 0.131. The molecule has 2 unspecified atom stereocenters. The van der Waals surface area contributed by atoms with E-state index in [0.29, 0.717) is 19.6 Å². The van der Waals surface area contributed by atoms with Crippen LogP contribution in [0.15, 0.2) is 34.1 Å². The fourth-order valence-electron chi connectivity index (χ4n) is 3.62. The van der Waals surface area contributed by atoms with Crippen molar-refractivity contribution in [2.75, 3.05) is 19.6 Å². The van der Waals surface area contributed by atoms with Gasteiger partial charge in [-0.2, -0.15) is 4.31 Å². The molecule has 148 valence electrons. The van der Waals surface area contributed by atoms with Gasteiger partial charge in [0.15, 0.2) is 0 Å². The third-order valence-electron chi connectivity index (χ3n) is 5.09. The molecule has 26 heavy (non-hydrogen) atoms. The van der Waals surface area contributed by atoms with Crippen LogP contribution in [0.5, 0.6) is 0 Å². The first-order valence-corrected chi connectivity index (χ1v) is 11.6. The molecule has 1 saturated heterocycles. The van der Waals surface area contributed by atoms with Crippen LogP contribution in [-0.4, -0.2) is 46.8 Å². The second kappa shape index (κ2) is 8.53. The number of hydrogen-bond acceptors (Lipinski definition) is 5. The summed E-state index contributed by atoms with van der Waals surface area (Å²) in [5, 5.41) is 0. The van der Waals surface area contributed by atoms with E-state index < -0.39 is 20.0 Å². The molecule has 7 nitrogen and oxygen atoms in total. The highest BCUT2D eigenvalue weighted by Gasteiger charge is 2.32. The molecule has 0 aromatic heterocycles. The van der Waals surface area contributed by atoms with Crippen LogP contribution >= 0.6 is 12.4 Å². The molecule has 2 atom stereocenters. The van der Waals surface area contributed by atoms with Crippen molar-refractivity contribution in [2.24, 2.45) is 11.7 Å². The van der Waals surface area contributed by atoms with Gasteiger partial charge in [0.1, 0.15) is 0 Å². The van der Waals surface area contributed by atoms with Crippen molar-refractivity contribution in [3.8, 4) is 0 Å². The predicted molar refractivity (Wildman–Crippen MR) is 102 cm³/mol. The maximum absolute atomic E-state index is 12.7. The van der Waals surface area contributed by atoms with Crippen LogP contribution in [0.4, 0.5) is 0 Å². The van der Waals surface area contributed by atoms with Gasteiger partial charge in [-0.3, -0.25) is 0 Å². The van der Waals surface area contributed by atoms with Gasteiger partial charge in [0.25, 0.3) is 0 Å². The van der Waals surface area contributed by atoms with Crippen LogP contribution in [-0.2, 0) is 20.0 Å². The Morgan fingerprint density at radius 2 is 1.69 bits per heavy atom. The quantitative estimate of drug-likeness (QED) is 0.716. The predicted octanol–water partition coefficient (Wildman–Crippen LogP) is 1.30. The van der Waals surface area contributed by atoms with Gasteiger partial charge in [0.2, 0.25) is 20.0 Å². The largest absolute Gasteiger partial charge is 0.330 e. The number of nitrogens with two attached hydrogens (primary N) is 1. The molecule has 1 saturated carbocycles. The highest BCUT2D eigenvalue weighted by atomic mass is 35.5. The number of nitrogens with one attached hydrogen (secondary N) is 1. The van der Waals surface area contributed by atoms with Crippen LogP contribution < -0.4 is 10.5 Å². The molecule has 0 amide bonds. The summed E-state index contributed by atoms with van der Waals surface area (Å²) in [7, 11) is -7.42. The smallest absolute Gasteiger partial charge is 0.243 e. The van der Waals surface area contributed by atoms with Gasteiger partial charge in [-0.25, -0.2) is 21.6 Å². The van der Waals surface area contributed by atoms with E-state index in [4.69, 9.17) is 5.73 Å². The van der Waals surface area contributed by atoms with Gasteiger partial charge < -0.3 is 5.73 Å². The molecule has 0 spiro atoms. The van der Waals surface area contributed by atoms with Crippen molar-refractivity contribution in [3.63, 3.8) is 0 Å². The van der Waals surface area contributed by atoms with E-state index in [1.807, 2.05) is 0 Å². The van der Waals surface area contributed by atoms with Crippen molar-refractivity contribution in [1.29, 1.82) is 0 Å². The highest BCUT2D eigenvalue weighted by Crippen LogP contribution is 2.27. The monoisotopic (exact) mass is 423 g/mol. The molecule has 10 heteroatoms. The van der Waals surface area contributed by atoms with E-state index in [9.17, 15) is 16.8 Å². The van der Waals surface area contributed by atoms with E-state index in [1.165, 1.54) is 28.6 Å². The fourth-order valence-corrected chi connectivity index (χ4v) is 6.64. The molecule has 1 aliphatic heterocycles. The van der Waals surface area contributed by atoms with E-state index >= 15 is 0 Å². The molecule has 2 fully saturated rings. The second-order valence-electron chi connectivity index (χ2n) is 6.74. The van der Waals surface area contributed by atoms with E-state index in [2.05, 4.69) is 4.72 Å². The summed E-state index contributed by atoms with van der Waals surface area (Å²) in [6.07, 6.45) is 4.28. The Hall–Kier alpha value is -0.710. The van der Waals surface area contributed by atoms with Crippen molar-refractivity contribution in [1.82, 2.24) is 9.03 Å². The summed E-state index contributed by atoms with van der Waals surface area (Å²) in [4.78, 5) is 0.00881. The standard InChI is InChI=1S/C16H25N3O4S2.ClH/c17-12-13-5-3-8-16(13)18-24(20,21)14-6-4-7-15(11-14)25(22,23)19-9-1-2-10-19;/h4,6-7,11,13,16,18H,1-3,5,8-10,12,17H2;1H. The summed E-state index contributed by atoms with van der Waals surface area (Å²) in [5.41, 5.74) is 5.71. The van der Waals surface area contributed by atoms with E-state index in [1.54, 1.807) is 0 Å². The van der Waals surface area contributed by atoms with Gasteiger partial charge in [0.05, 0.1) is 9.79 Å². The lowest BCUT2D eigenvalue weighted by atomic mass is 10.1. The van der Waals surface area contributed by atoms with Gasteiger partial charge >= 0.3 is 0 Å². The van der Waals surface area contributed by atoms with E-state index in [-0.39, 0.29) is 34.2 Å². The lowest BCUT2D eigenvalue weighted by Gasteiger charge is -2.20. The molecule has 3 N–H and O–H groups in total. The van der Waals surface area contributed by atoms with Crippen molar-refractivity contribution >= 4 is 32.5 Å². The Kier molecular flexibility index (Phi) is 7.09. The van der Waals surface area contributed by atoms with Gasteiger partial charge in [0, 0.05) is 19.1 Å². The Labute approximate surface area is 161 Å². The Bertz CT molecular complexity index is 824. The molecule has 1 aliphatic carbocycles. The average molecular weight is 424 g/mol. The van der Waals surface area contributed by atoms with Crippen molar-refractivity contribution < 1.29 is 16.8 Å². The van der Waals surface area contributed by atoms with Crippen molar-refractivity contribution in [3.05, 3.63) is 24.3 Å². The van der Waals surface area contributed by atoms with Crippen LogP contribution in [0, 0.1) is 5.92 Å². The Balaban J connectivity index is 0.00000243. The second-order valence-corrected chi connectivity index (χ2v) is 10.4. The molecule has 1 aromatic rings. The molecule has 3 rings (SSSR count). The minimum absolute atomic E-state index is 0. The zero-order valence-corrected chi connectivity index (χ0v) is 17.0. The first kappa shape index (κ1) is 21.6. The normalized spacial score (nSPS) is 24.5. The number of hydrogen-bond donors (Lipinski definition) is 2. The number of halogens is 1. The molecule has 2 aliphatic rings. The summed E-state index contributed by atoms with van der Waals surface area (Å²) in [6, 6.07) is 5.42. The Morgan fingerprint density at radius 1 is 1.04 bits per heavy atom. The summed E-state index contributed by atoms with van der Waals surface area (Å²) >= 11 is 0. The number of nitrogens with zero attached hydrogens (tertiary/aromatic N) is 1. The zero-order chi connectivity index (χ0) is 18.1. The minimum Gasteiger partial charge on any atom is -0.330 e. The molecular formula is C16H26ClN3O4S2. The van der Waals surface area contributed by atoms with Gasteiger partial charge in [-0.15, -0.1) is 12.4 Å². The number of benzene rings is 1. The fraction of sp³-hybridized carbons (Fsp3) is 0.625. The molecule has 0 bridgehead atoms.